The Morgan fingerprint density at radius 1 is 1.15 bits per heavy atom. The Balaban J connectivity index is 1.47. The molecule has 1 N–H and O–H groups in total. The molecule has 3 rings (SSSR count). The predicted molar refractivity (Wildman–Crippen MR) is 104 cm³/mol. The first-order valence-electron chi connectivity index (χ1n) is 9.68. The average molecular weight is 361 g/mol. The highest BCUT2D eigenvalue weighted by Gasteiger charge is 2.30. The molecule has 0 radical (unpaired) electrons. The Hall–Kier alpha value is -2.02. The Kier molecular flexibility index (Phi) is 6.19. The maximum atomic E-state index is 12.6. The highest BCUT2D eigenvalue weighted by atomic mass is 16.2. The molecule has 0 saturated carbocycles. The van der Waals surface area contributed by atoms with Crippen molar-refractivity contribution in [3.8, 4) is 0 Å². The molecule has 0 bridgehead atoms. The molecule has 26 heavy (non-hydrogen) atoms. The van der Waals surface area contributed by atoms with Gasteiger partial charge in [-0.15, -0.1) is 0 Å². The van der Waals surface area contributed by atoms with Gasteiger partial charge in [0, 0.05) is 72.3 Å². The van der Waals surface area contributed by atoms with Crippen LogP contribution in [0, 0.1) is 0 Å². The number of carbonyl (C=O) groups is 1. The van der Waals surface area contributed by atoms with Gasteiger partial charge in [-0.3, -0.25) is 14.7 Å². The summed E-state index contributed by atoms with van der Waals surface area (Å²) in [6.45, 7) is 8.27. The normalized spacial score (nSPS) is 20.5. The molecular weight excluding hydrogens is 328 g/mol. The van der Waals surface area contributed by atoms with E-state index in [-0.39, 0.29) is 6.04 Å². The van der Waals surface area contributed by atoms with E-state index in [1.165, 1.54) is 5.56 Å². The lowest BCUT2D eigenvalue weighted by Crippen LogP contribution is -2.57. The Morgan fingerprint density at radius 2 is 1.85 bits per heavy atom. The minimum absolute atomic E-state index is 0.0189. The molecule has 2 aliphatic rings. The van der Waals surface area contributed by atoms with Crippen molar-refractivity contribution in [3.63, 3.8) is 0 Å². The van der Waals surface area contributed by atoms with Crippen molar-refractivity contribution in [3.05, 3.63) is 24.0 Å². The van der Waals surface area contributed by atoms with Gasteiger partial charge in [0.1, 0.15) is 0 Å². The molecule has 1 amide bonds. The molecule has 7 heteroatoms. The van der Waals surface area contributed by atoms with Gasteiger partial charge in [-0.25, -0.2) is 0 Å². The van der Waals surface area contributed by atoms with Crippen LogP contribution in [0.4, 0.5) is 0 Å². The summed E-state index contributed by atoms with van der Waals surface area (Å²) in [6, 6.07) is 2.10. The third kappa shape index (κ3) is 4.38. The van der Waals surface area contributed by atoms with Crippen LogP contribution in [-0.2, 0) is 18.4 Å². The number of guanidine groups is 1. The Labute approximate surface area is 156 Å². The van der Waals surface area contributed by atoms with Crippen molar-refractivity contribution in [1.29, 1.82) is 0 Å². The van der Waals surface area contributed by atoms with Gasteiger partial charge in [-0.2, -0.15) is 0 Å². The van der Waals surface area contributed by atoms with E-state index in [0.29, 0.717) is 5.91 Å². The minimum atomic E-state index is -0.0189. The summed E-state index contributed by atoms with van der Waals surface area (Å²) < 4.78 is 2.05. The zero-order valence-electron chi connectivity index (χ0n) is 16.3. The van der Waals surface area contributed by atoms with Crippen LogP contribution in [0.3, 0.4) is 0 Å². The molecule has 1 aromatic rings. The summed E-state index contributed by atoms with van der Waals surface area (Å²) in [5, 5.41) is 3.45. The van der Waals surface area contributed by atoms with E-state index in [1.807, 2.05) is 19.0 Å². The number of hydrogen-bond acceptors (Lipinski definition) is 3. The fourth-order valence-corrected chi connectivity index (χ4v) is 3.86. The highest BCUT2D eigenvalue weighted by Crippen LogP contribution is 2.14. The first-order chi connectivity index (χ1) is 12.6. The summed E-state index contributed by atoms with van der Waals surface area (Å²) in [6.07, 6.45) is 6.46. The van der Waals surface area contributed by atoms with Crippen LogP contribution < -0.4 is 5.32 Å². The summed E-state index contributed by atoms with van der Waals surface area (Å²) >= 11 is 0. The lowest BCUT2D eigenvalue weighted by atomic mass is 10.2. The number of rotatable bonds is 4. The van der Waals surface area contributed by atoms with Gasteiger partial charge in [0.25, 0.3) is 0 Å². The van der Waals surface area contributed by atoms with E-state index >= 15 is 0 Å². The molecule has 0 aliphatic carbocycles. The van der Waals surface area contributed by atoms with E-state index < -0.39 is 0 Å². The van der Waals surface area contributed by atoms with Gasteiger partial charge in [-0.05, 0) is 31.4 Å². The van der Waals surface area contributed by atoms with Crippen LogP contribution in [0.2, 0.25) is 0 Å². The third-order valence-electron chi connectivity index (χ3n) is 5.49. The van der Waals surface area contributed by atoms with Crippen molar-refractivity contribution < 1.29 is 4.79 Å². The second-order valence-corrected chi connectivity index (χ2v) is 7.32. The van der Waals surface area contributed by atoms with Gasteiger partial charge in [0.05, 0.1) is 6.04 Å². The molecule has 3 heterocycles. The second-order valence-electron chi connectivity index (χ2n) is 7.32. The fourth-order valence-electron chi connectivity index (χ4n) is 3.86. The Morgan fingerprint density at radius 3 is 2.42 bits per heavy atom. The second kappa shape index (κ2) is 8.58. The SMILES string of the molecule is CN=C(NCc1ccn(C)c1)N1CCN(C(C)C(=O)N2CCCC2)CC1. The van der Waals surface area contributed by atoms with E-state index in [4.69, 9.17) is 0 Å². The van der Waals surface area contributed by atoms with E-state index in [2.05, 4.69) is 50.1 Å². The molecule has 1 atom stereocenters. The molecule has 2 fully saturated rings. The number of carbonyl (C=O) groups excluding carboxylic acids is 1. The molecule has 1 unspecified atom stereocenters. The van der Waals surface area contributed by atoms with Crippen LogP contribution in [0.15, 0.2) is 23.5 Å². The van der Waals surface area contributed by atoms with Crippen molar-refractivity contribution in [2.24, 2.45) is 12.0 Å². The molecule has 0 spiro atoms. The van der Waals surface area contributed by atoms with Crippen molar-refractivity contribution in [1.82, 2.24) is 24.6 Å². The van der Waals surface area contributed by atoms with Crippen LogP contribution >= 0.6 is 0 Å². The molecule has 2 saturated heterocycles. The highest BCUT2D eigenvalue weighted by molar-refractivity contribution is 5.82. The number of nitrogens with one attached hydrogen (secondary N) is 1. The third-order valence-corrected chi connectivity index (χ3v) is 5.49. The van der Waals surface area contributed by atoms with Crippen molar-refractivity contribution in [2.75, 3.05) is 46.3 Å². The summed E-state index contributed by atoms with van der Waals surface area (Å²) in [5.41, 5.74) is 1.25. The molecule has 1 aromatic heterocycles. The number of likely N-dealkylation sites (tertiary alicyclic amines) is 1. The smallest absolute Gasteiger partial charge is 0.239 e. The van der Waals surface area contributed by atoms with Crippen molar-refractivity contribution in [2.45, 2.75) is 32.4 Å². The summed E-state index contributed by atoms with van der Waals surface area (Å²) in [5.74, 6) is 1.23. The fraction of sp³-hybridized carbons (Fsp3) is 0.684. The topological polar surface area (TPSA) is 56.1 Å². The van der Waals surface area contributed by atoms with Gasteiger partial charge in [-0.1, -0.05) is 0 Å². The number of nitrogens with zero attached hydrogens (tertiary/aromatic N) is 5. The van der Waals surface area contributed by atoms with Crippen LogP contribution in [-0.4, -0.2) is 83.5 Å². The number of aryl methyl sites for hydroxylation is 1. The number of amides is 1. The standard InChI is InChI=1S/C19H32N6O/c1-16(18(26)24-7-4-5-8-24)23-10-12-25(13-11-23)19(20-2)21-14-17-6-9-22(3)15-17/h6,9,15-16H,4-5,7-8,10-14H2,1-3H3,(H,20,21). The number of hydrogen-bond donors (Lipinski definition) is 1. The number of piperazine rings is 1. The van der Waals surface area contributed by atoms with E-state index in [9.17, 15) is 4.79 Å². The van der Waals surface area contributed by atoms with Crippen molar-refractivity contribution >= 4 is 11.9 Å². The number of aliphatic imine (C=N–C) groups is 1. The largest absolute Gasteiger partial charge is 0.357 e. The molecule has 2 aliphatic heterocycles. The maximum Gasteiger partial charge on any atom is 0.239 e. The molecule has 144 valence electrons. The van der Waals surface area contributed by atoms with E-state index in [0.717, 1.165) is 64.6 Å². The lowest BCUT2D eigenvalue weighted by molar-refractivity contribution is -0.135. The first-order valence-corrected chi connectivity index (χ1v) is 9.68. The molecule has 0 aromatic carbocycles. The lowest BCUT2D eigenvalue weighted by Gasteiger charge is -2.39. The predicted octanol–water partition coefficient (Wildman–Crippen LogP) is 0.729. The minimum Gasteiger partial charge on any atom is -0.357 e. The van der Waals surface area contributed by atoms with Gasteiger partial charge in [0.2, 0.25) is 5.91 Å². The molecular formula is C19H32N6O. The van der Waals surface area contributed by atoms with E-state index in [1.54, 1.807) is 0 Å². The monoisotopic (exact) mass is 360 g/mol. The maximum absolute atomic E-state index is 12.6. The first kappa shape index (κ1) is 18.8. The van der Waals surface area contributed by atoms with Crippen LogP contribution in [0.1, 0.15) is 25.3 Å². The van der Waals surface area contributed by atoms with Gasteiger partial charge >= 0.3 is 0 Å². The van der Waals surface area contributed by atoms with Gasteiger partial charge in [0.15, 0.2) is 5.96 Å². The van der Waals surface area contributed by atoms with Crippen LogP contribution in [0.25, 0.3) is 0 Å². The average Bonchev–Trinajstić information content (AvgIpc) is 3.33. The number of aromatic nitrogens is 1. The van der Waals surface area contributed by atoms with Gasteiger partial charge < -0.3 is 19.7 Å². The zero-order valence-corrected chi connectivity index (χ0v) is 16.3. The molecule has 7 nitrogen and oxygen atoms in total. The summed E-state index contributed by atoms with van der Waals surface area (Å²) in [4.78, 5) is 23.7. The van der Waals surface area contributed by atoms with Crippen LogP contribution in [0.5, 0.6) is 0 Å². The Bertz CT molecular complexity index is 626. The summed E-state index contributed by atoms with van der Waals surface area (Å²) in [7, 11) is 3.86. The quantitative estimate of drug-likeness (QED) is 0.635. The zero-order chi connectivity index (χ0) is 18.5.